The van der Waals surface area contributed by atoms with E-state index in [1.165, 1.54) is 50.5 Å². The molecule has 0 spiro atoms. The highest BCUT2D eigenvalue weighted by Gasteiger charge is 2.19. The van der Waals surface area contributed by atoms with Gasteiger partial charge in [0.1, 0.15) is 0 Å². The van der Waals surface area contributed by atoms with Gasteiger partial charge in [-0.05, 0) is 36.9 Å². The molecule has 1 unspecified atom stereocenters. The van der Waals surface area contributed by atoms with Gasteiger partial charge in [0.2, 0.25) is 0 Å². The van der Waals surface area contributed by atoms with Crippen molar-refractivity contribution in [2.24, 2.45) is 5.92 Å². The molecule has 0 saturated heterocycles. The summed E-state index contributed by atoms with van der Waals surface area (Å²) in [6.07, 6.45) is 10.7. The fourth-order valence-corrected chi connectivity index (χ4v) is 3.90. The minimum absolute atomic E-state index is 0.508. The molecule has 0 aromatic heterocycles. The maximum absolute atomic E-state index is 6.35. The summed E-state index contributed by atoms with van der Waals surface area (Å²) in [6.45, 7) is 3.19. The molecule has 1 N–H and O–H groups in total. The first-order chi connectivity index (χ1) is 10.2. The van der Waals surface area contributed by atoms with Gasteiger partial charge in [0.15, 0.2) is 0 Å². The molecule has 0 heterocycles. The van der Waals surface area contributed by atoms with Crippen molar-refractivity contribution in [3.63, 3.8) is 0 Å². The summed E-state index contributed by atoms with van der Waals surface area (Å²) < 4.78 is 0. The zero-order valence-corrected chi connectivity index (χ0v) is 14.5. The monoisotopic (exact) mass is 327 g/mol. The van der Waals surface area contributed by atoms with Crippen molar-refractivity contribution in [1.82, 2.24) is 5.32 Å². The Kier molecular flexibility index (Phi) is 7.36. The van der Waals surface area contributed by atoms with Crippen molar-refractivity contribution in [2.75, 3.05) is 6.54 Å². The summed E-state index contributed by atoms with van der Waals surface area (Å²) in [7, 11) is 0. The number of hydrogen-bond donors (Lipinski definition) is 1. The predicted octanol–water partition coefficient (Wildman–Crippen LogP) is 5.87. The second kappa shape index (κ2) is 9.02. The van der Waals surface area contributed by atoms with E-state index in [0.717, 1.165) is 23.9 Å². The smallest absolute Gasteiger partial charge is 0.0624 e. The minimum atomic E-state index is 0.508. The summed E-state index contributed by atoms with van der Waals surface area (Å²) >= 11 is 12.5. The zero-order chi connectivity index (χ0) is 15.1. The van der Waals surface area contributed by atoms with Gasteiger partial charge in [0, 0.05) is 6.04 Å². The lowest BCUT2D eigenvalue weighted by atomic mass is 9.90. The van der Waals surface area contributed by atoms with Crippen LogP contribution in [0.2, 0.25) is 10.0 Å². The molecular formula is C18H27Cl2N. The quantitative estimate of drug-likeness (QED) is 0.644. The highest BCUT2D eigenvalue weighted by Crippen LogP contribution is 2.30. The molecule has 1 aromatic carbocycles. The van der Waals surface area contributed by atoms with Gasteiger partial charge < -0.3 is 5.32 Å². The summed E-state index contributed by atoms with van der Waals surface area (Å²) in [4.78, 5) is 0. The average Bonchev–Trinajstić information content (AvgIpc) is 2.73. The molecule has 1 nitrogen and oxygen atoms in total. The first kappa shape index (κ1) is 17.1. The van der Waals surface area contributed by atoms with E-state index in [2.05, 4.69) is 18.3 Å². The number of hydrogen-bond acceptors (Lipinski definition) is 1. The Morgan fingerprint density at radius 2 is 1.86 bits per heavy atom. The van der Waals surface area contributed by atoms with Gasteiger partial charge in [-0.1, -0.05) is 80.8 Å². The third-order valence-electron chi connectivity index (χ3n) is 4.58. The van der Waals surface area contributed by atoms with Gasteiger partial charge in [-0.25, -0.2) is 0 Å². The lowest BCUT2D eigenvalue weighted by Crippen LogP contribution is -2.33. The SMILES string of the molecule is CCNC(Cc1cccc(Cl)c1Cl)CC1CCCCCC1. The van der Waals surface area contributed by atoms with Gasteiger partial charge in [-0.2, -0.15) is 0 Å². The van der Waals surface area contributed by atoms with E-state index in [1.54, 1.807) is 0 Å². The van der Waals surface area contributed by atoms with Crippen LogP contribution in [0.5, 0.6) is 0 Å². The Balaban J connectivity index is 1.99. The highest BCUT2D eigenvalue weighted by molar-refractivity contribution is 6.42. The third kappa shape index (κ3) is 5.47. The van der Waals surface area contributed by atoms with E-state index in [1.807, 2.05) is 12.1 Å². The third-order valence-corrected chi connectivity index (χ3v) is 5.44. The van der Waals surface area contributed by atoms with E-state index < -0.39 is 0 Å². The Labute approximate surface area is 139 Å². The average molecular weight is 328 g/mol. The second-order valence-electron chi connectivity index (χ2n) is 6.26. The molecule has 1 fully saturated rings. The number of nitrogens with one attached hydrogen (secondary N) is 1. The predicted molar refractivity (Wildman–Crippen MR) is 93.4 cm³/mol. The van der Waals surface area contributed by atoms with Crippen LogP contribution < -0.4 is 5.32 Å². The van der Waals surface area contributed by atoms with Gasteiger partial charge in [-0.3, -0.25) is 0 Å². The highest BCUT2D eigenvalue weighted by atomic mass is 35.5. The van der Waals surface area contributed by atoms with Crippen LogP contribution >= 0.6 is 23.2 Å². The van der Waals surface area contributed by atoms with Crippen LogP contribution in [0.15, 0.2) is 18.2 Å². The summed E-state index contributed by atoms with van der Waals surface area (Å²) in [5.41, 5.74) is 1.17. The Morgan fingerprint density at radius 1 is 1.14 bits per heavy atom. The van der Waals surface area contributed by atoms with Crippen LogP contribution in [0.4, 0.5) is 0 Å². The van der Waals surface area contributed by atoms with E-state index in [4.69, 9.17) is 23.2 Å². The molecule has 3 heteroatoms. The zero-order valence-electron chi connectivity index (χ0n) is 13.0. The van der Waals surface area contributed by atoms with Crippen LogP contribution in [-0.2, 0) is 6.42 Å². The van der Waals surface area contributed by atoms with Gasteiger partial charge >= 0.3 is 0 Å². The molecule has 0 amide bonds. The van der Waals surface area contributed by atoms with Crippen molar-refractivity contribution in [3.8, 4) is 0 Å². The second-order valence-corrected chi connectivity index (χ2v) is 7.05. The summed E-state index contributed by atoms with van der Waals surface area (Å²) in [5, 5.41) is 5.03. The Morgan fingerprint density at radius 3 is 2.52 bits per heavy atom. The first-order valence-electron chi connectivity index (χ1n) is 8.37. The Bertz CT molecular complexity index is 425. The number of likely N-dealkylation sites (N-methyl/N-ethyl adjacent to an activating group) is 1. The van der Waals surface area contributed by atoms with Crippen LogP contribution in [0.25, 0.3) is 0 Å². The Hall–Kier alpha value is -0.240. The molecule has 0 radical (unpaired) electrons. The minimum Gasteiger partial charge on any atom is -0.314 e. The largest absolute Gasteiger partial charge is 0.314 e. The van der Waals surface area contributed by atoms with E-state index >= 15 is 0 Å². The van der Waals surface area contributed by atoms with Gasteiger partial charge in [0.25, 0.3) is 0 Å². The number of benzene rings is 1. The van der Waals surface area contributed by atoms with Gasteiger partial charge in [0.05, 0.1) is 10.0 Å². The maximum Gasteiger partial charge on any atom is 0.0624 e. The maximum atomic E-state index is 6.35. The lowest BCUT2D eigenvalue weighted by Gasteiger charge is -2.24. The molecular weight excluding hydrogens is 301 g/mol. The fraction of sp³-hybridized carbons (Fsp3) is 0.667. The number of halogens is 2. The van der Waals surface area contributed by atoms with Crippen molar-refractivity contribution < 1.29 is 0 Å². The molecule has 1 aliphatic rings. The summed E-state index contributed by atoms with van der Waals surface area (Å²) in [5.74, 6) is 0.870. The van der Waals surface area contributed by atoms with Crippen LogP contribution in [0, 0.1) is 5.92 Å². The molecule has 0 bridgehead atoms. The molecule has 2 rings (SSSR count). The first-order valence-corrected chi connectivity index (χ1v) is 9.12. The van der Waals surface area contributed by atoms with Crippen LogP contribution in [0.1, 0.15) is 57.4 Å². The van der Waals surface area contributed by atoms with Crippen molar-refractivity contribution in [2.45, 2.75) is 64.3 Å². The standard InChI is InChI=1S/C18H27Cl2N/c1-2-21-16(12-14-8-5-3-4-6-9-14)13-15-10-7-11-17(19)18(15)20/h7,10-11,14,16,21H,2-6,8-9,12-13H2,1H3. The van der Waals surface area contributed by atoms with Crippen LogP contribution in [0.3, 0.4) is 0 Å². The lowest BCUT2D eigenvalue weighted by molar-refractivity contribution is 0.353. The van der Waals surface area contributed by atoms with E-state index in [-0.39, 0.29) is 0 Å². The molecule has 0 aliphatic heterocycles. The van der Waals surface area contributed by atoms with Crippen molar-refractivity contribution in [1.29, 1.82) is 0 Å². The van der Waals surface area contributed by atoms with E-state index in [0.29, 0.717) is 11.1 Å². The molecule has 1 aliphatic carbocycles. The topological polar surface area (TPSA) is 12.0 Å². The molecule has 118 valence electrons. The fourth-order valence-electron chi connectivity index (χ4n) is 3.50. The van der Waals surface area contributed by atoms with Crippen molar-refractivity contribution >= 4 is 23.2 Å². The summed E-state index contributed by atoms with van der Waals surface area (Å²) in [6, 6.07) is 6.47. The molecule has 1 saturated carbocycles. The normalized spacial score (nSPS) is 18.4. The number of rotatable bonds is 6. The van der Waals surface area contributed by atoms with E-state index in [9.17, 15) is 0 Å². The van der Waals surface area contributed by atoms with Crippen LogP contribution in [-0.4, -0.2) is 12.6 Å². The molecule has 1 atom stereocenters. The van der Waals surface area contributed by atoms with Crippen molar-refractivity contribution in [3.05, 3.63) is 33.8 Å². The molecule has 1 aromatic rings. The molecule has 21 heavy (non-hydrogen) atoms. The van der Waals surface area contributed by atoms with Gasteiger partial charge in [-0.15, -0.1) is 0 Å².